The van der Waals surface area contributed by atoms with Crippen molar-refractivity contribution in [2.45, 2.75) is 37.5 Å². The van der Waals surface area contributed by atoms with Crippen molar-refractivity contribution in [1.29, 1.82) is 0 Å². The van der Waals surface area contributed by atoms with E-state index in [0.29, 0.717) is 49.0 Å². The van der Waals surface area contributed by atoms with E-state index in [-0.39, 0.29) is 22.5 Å². The summed E-state index contributed by atoms with van der Waals surface area (Å²) < 4.78 is 45.7. The second-order valence-electron chi connectivity index (χ2n) is 8.17. The standard InChI is InChI=1S/C24H27FN4O4S/c1-3-29(4-2)34(31,32)21-12-10-17(11-13-21)24(30)28-14-6-8-19(16-28)23-26-22(27-33-23)18-7-5-9-20(25)15-18/h5,7,9-13,15,19H,3-4,6,8,14,16H2,1-2H3. The first-order valence-electron chi connectivity index (χ1n) is 11.3. The van der Waals surface area contributed by atoms with Gasteiger partial charge in [0.25, 0.3) is 5.91 Å². The van der Waals surface area contributed by atoms with Crippen LogP contribution in [-0.2, 0) is 10.0 Å². The first kappa shape index (κ1) is 24.0. The van der Waals surface area contributed by atoms with E-state index in [4.69, 9.17) is 4.52 Å². The van der Waals surface area contributed by atoms with E-state index in [1.807, 2.05) is 0 Å². The molecule has 34 heavy (non-hydrogen) atoms. The largest absolute Gasteiger partial charge is 0.339 e. The molecule has 0 spiro atoms. The molecule has 0 saturated carbocycles. The fraction of sp³-hybridized carbons (Fsp3) is 0.375. The molecule has 180 valence electrons. The Labute approximate surface area is 198 Å². The van der Waals surface area contributed by atoms with Gasteiger partial charge >= 0.3 is 0 Å². The van der Waals surface area contributed by atoms with Gasteiger partial charge in [-0.05, 0) is 49.2 Å². The number of sulfonamides is 1. The molecule has 1 amide bonds. The van der Waals surface area contributed by atoms with Gasteiger partial charge in [0.2, 0.25) is 21.7 Å². The molecule has 1 fully saturated rings. The van der Waals surface area contributed by atoms with Crippen LogP contribution in [0.25, 0.3) is 11.4 Å². The first-order chi connectivity index (χ1) is 16.3. The maximum atomic E-state index is 13.5. The zero-order valence-corrected chi connectivity index (χ0v) is 20.0. The van der Waals surface area contributed by atoms with Crippen LogP contribution in [0.2, 0.25) is 0 Å². The second kappa shape index (κ2) is 10.0. The highest BCUT2D eigenvalue weighted by Gasteiger charge is 2.30. The quantitative estimate of drug-likeness (QED) is 0.502. The van der Waals surface area contributed by atoms with E-state index in [1.54, 1.807) is 43.0 Å². The van der Waals surface area contributed by atoms with E-state index in [2.05, 4.69) is 10.1 Å². The molecule has 2 heterocycles. The average molecular weight is 487 g/mol. The smallest absolute Gasteiger partial charge is 0.253 e. The second-order valence-corrected chi connectivity index (χ2v) is 10.1. The Hall–Kier alpha value is -3.11. The summed E-state index contributed by atoms with van der Waals surface area (Å²) in [7, 11) is -3.58. The van der Waals surface area contributed by atoms with Crippen LogP contribution >= 0.6 is 0 Å². The molecule has 0 aliphatic carbocycles. The topological polar surface area (TPSA) is 96.6 Å². The minimum atomic E-state index is -3.58. The summed E-state index contributed by atoms with van der Waals surface area (Å²) in [4.78, 5) is 19.4. The monoisotopic (exact) mass is 486 g/mol. The maximum absolute atomic E-state index is 13.5. The lowest BCUT2D eigenvalue weighted by Crippen LogP contribution is -2.39. The van der Waals surface area contributed by atoms with Gasteiger partial charge in [-0.1, -0.05) is 31.1 Å². The number of halogens is 1. The van der Waals surface area contributed by atoms with Crippen molar-refractivity contribution in [1.82, 2.24) is 19.3 Å². The average Bonchev–Trinajstić information content (AvgIpc) is 3.35. The highest BCUT2D eigenvalue weighted by atomic mass is 32.2. The molecule has 3 aromatic rings. The summed E-state index contributed by atoms with van der Waals surface area (Å²) >= 11 is 0. The summed E-state index contributed by atoms with van der Waals surface area (Å²) in [5.74, 6) is 0.0331. The SMILES string of the molecule is CCN(CC)S(=O)(=O)c1ccc(C(=O)N2CCCC(c3nc(-c4cccc(F)c4)no3)C2)cc1. The molecular weight excluding hydrogens is 459 g/mol. The fourth-order valence-electron chi connectivity index (χ4n) is 4.17. The molecule has 0 radical (unpaired) electrons. The van der Waals surface area contributed by atoms with Gasteiger partial charge in [-0.2, -0.15) is 9.29 Å². The Kier molecular flexibility index (Phi) is 7.08. The van der Waals surface area contributed by atoms with E-state index in [0.717, 1.165) is 12.8 Å². The van der Waals surface area contributed by atoms with Gasteiger partial charge in [-0.25, -0.2) is 12.8 Å². The molecule has 10 heteroatoms. The van der Waals surface area contributed by atoms with Gasteiger partial charge in [0, 0.05) is 37.3 Å². The predicted molar refractivity (Wildman–Crippen MR) is 124 cm³/mol. The molecule has 0 N–H and O–H groups in total. The van der Waals surface area contributed by atoms with Crippen molar-refractivity contribution >= 4 is 15.9 Å². The third kappa shape index (κ3) is 4.88. The van der Waals surface area contributed by atoms with Crippen LogP contribution in [0.3, 0.4) is 0 Å². The molecule has 2 aromatic carbocycles. The summed E-state index contributed by atoms with van der Waals surface area (Å²) in [5.41, 5.74) is 0.948. The zero-order valence-electron chi connectivity index (χ0n) is 19.1. The highest BCUT2D eigenvalue weighted by molar-refractivity contribution is 7.89. The lowest BCUT2D eigenvalue weighted by Gasteiger charge is -2.31. The lowest BCUT2D eigenvalue weighted by molar-refractivity contribution is 0.0695. The van der Waals surface area contributed by atoms with Crippen molar-refractivity contribution in [3.63, 3.8) is 0 Å². The Morgan fingerprint density at radius 2 is 1.91 bits per heavy atom. The van der Waals surface area contributed by atoms with Crippen LogP contribution in [0, 0.1) is 5.82 Å². The van der Waals surface area contributed by atoms with Crippen molar-refractivity contribution in [3.05, 3.63) is 65.8 Å². The van der Waals surface area contributed by atoms with Crippen molar-refractivity contribution in [3.8, 4) is 11.4 Å². The Morgan fingerprint density at radius 1 is 1.18 bits per heavy atom. The van der Waals surface area contributed by atoms with Gasteiger partial charge in [-0.3, -0.25) is 4.79 Å². The van der Waals surface area contributed by atoms with E-state index >= 15 is 0 Å². The number of carbonyl (C=O) groups excluding carboxylic acids is 1. The number of piperidine rings is 1. The number of amides is 1. The highest BCUT2D eigenvalue weighted by Crippen LogP contribution is 2.29. The summed E-state index contributed by atoms with van der Waals surface area (Å²) in [6, 6.07) is 12.0. The number of nitrogens with zero attached hydrogens (tertiary/aromatic N) is 4. The first-order valence-corrected chi connectivity index (χ1v) is 12.8. The zero-order chi connectivity index (χ0) is 24.3. The third-order valence-corrected chi connectivity index (χ3v) is 8.09. The number of likely N-dealkylation sites (tertiary alicyclic amines) is 1. The summed E-state index contributed by atoms with van der Waals surface area (Å²) in [5, 5.41) is 3.97. The number of carbonyl (C=O) groups is 1. The molecule has 1 aliphatic rings. The van der Waals surface area contributed by atoms with E-state index < -0.39 is 10.0 Å². The van der Waals surface area contributed by atoms with Crippen LogP contribution in [0.15, 0.2) is 57.9 Å². The molecule has 1 unspecified atom stereocenters. The van der Waals surface area contributed by atoms with Crippen molar-refractivity contribution < 1.29 is 22.1 Å². The van der Waals surface area contributed by atoms with Gasteiger partial charge in [0.1, 0.15) is 5.82 Å². The molecular formula is C24H27FN4O4S. The van der Waals surface area contributed by atoms with Crippen LogP contribution in [0.4, 0.5) is 4.39 Å². The Balaban J connectivity index is 1.47. The molecule has 1 saturated heterocycles. The molecule has 4 rings (SSSR count). The maximum Gasteiger partial charge on any atom is 0.253 e. The minimum Gasteiger partial charge on any atom is -0.339 e. The minimum absolute atomic E-state index is 0.130. The van der Waals surface area contributed by atoms with E-state index in [9.17, 15) is 17.6 Å². The van der Waals surface area contributed by atoms with Crippen LogP contribution in [0.5, 0.6) is 0 Å². The predicted octanol–water partition coefficient (Wildman–Crippen LogP) is 3.93. The van der Waals surface area contributed by atoms with Gasteiger partial charge in [0.15, 0.2) is 0 Å². The van der Waals surface area contributed by atoms with Crippen molar-refractivity contribution in [2.24, 2.45) is 0 Å². The molecule has 1 atom stereocenters. The summed E-state index contributed by atoms with van der Waals surface area (Å²) in [6.07, 6.45) is 1.55. The van der Waals surface area contributed by atoms with Gasteiger partial charge < -0.3 is 9.42 Å². The Morgan fingerprint density at radius 3 is 2.59 bits per heavy atom. The number of benzene rings is 2. The third-order valence-electron chi connectivity index (χ3n) is 6.03. The fourth-order valence-corrected chi connectivity index (χ4v) is 5.63. The van der Waals surface area contributed by atoms with E-state index in [1.165, 1.54) is 28.6 Å². The molecule has 0 bridgehead atoms. The molecule has 1 aromatic heterocycles. The normalized spacial score (nSPS) is 16.7. The summed E-state index contributed by atoms with van der Waals surface area (Å²) in [6.45, 7) is 5.33. The number of hydrogen-bond donors (Lipinski definition) is 0. The molecule has 1 aliphatic heterocycles. The van der Waals surface area contributed by atoms with Crippen LogP contribution in [-0.4, -0.2) is 59.8 Å². The molecule has 8 nitrogen and oxygen atoms in total. The van der Waals surface area contributed by atoms with Crippen molar-refractivity contribution in [2.75, 3.05) is 26.2 Å². The Bertz CT molecular complexity index is 1260. The number of rotatable bonds is 7. The number of aromatic nitrogens is 2. The van der Waals surface area contributed by atoms with Gasteiger partial charge in [0.05, 0.1) is 10.8 Å². The van der Waals surface area contributed by atoms with Crippen LogP contribution in [0.1, 0.15) is 48.9 Å². The number of hydrogen-bond acceptors (Lipinski definition) is 6. The van der Waals surface area contributed by atoms with Gasteiger partial charge in [-0.15, -0.1) is 0 Å². The van der Waals surface area contributed by atoms with Crippen LogP contribution < -0.4 is 0 Å². The lowest BCUT2D eigenvalue weighted by atomic mass is 9.97.